The normalized spacial score (nSPS) is 17.1. The van der Waals surface area contributed by atoms with Crippen LogP contribution in [-0.2, 0) is 9.84 Å². The van der Waals surface area contributed by atoms with E-state index in [4.69, 9.17) is 0 Å². The molecule has 1 atom stereocenters. The molecule has 144 valence electrons. The number of sulfone groups is 1. The monoisotopic (exact) mass is 393 g/mol. The minimum atomic E-state index is -3.71. The van der Waals surface area contributed by atoms with Gasteiger partial charge in [-0.1, -0.05) is 0 Å². The molecule has 0 saturated carbocycles. The Morgan fingerprint density at radius 3 is 2.59 bits per heavy atom. The van der Waals surface area contributed by atoms with Gasteiger partial charge in [0.05, 0.1) is 4.92 Å². The Hall–Kier alpha value is -2.68. The van der Waals surface area contributed by atoms with Crippen LogP contribution in [0.5, 0.6) is 0 Å². The van der Waals surface area contributed by atoms with Gasteiger partial charge >= 0.3 is 0 Å². The lowest BCUT2D eigenvalue weighted by molar-refractivity contribution is -0.387. The molecule has 1 aliphatic rings. The van der Waals surface area contributed by atoms with E-state index in [9.17, 15) is 22.9 Å². The second-order valence-corrected chi connectivity index (χ2v) is 8.65. The van der Waals surface area contributed by atoms with Crippen LogP contribution in [0.1, 0.15) is 6.42 Å². The van der Waals surface area contributed by atoms with Crippen LogP contribution in [0.15, 0.2) is 47.4 Å². The predicted molar refractivity (Wildman–Crippen MR) is 101 cm³/mol. The first-order valence-corrected chi connectivity index (χ1v) is 10.4. The molecular formula is C18H20FN3O4S. The Balaban J connectivity index is 1.65. The summed E-state index contributed by atoms with van der Waals surface area (Å²) in [5, 5.41) is 14.2. The van der Waals surface area contributed by atoms with Crippen molar-refractivity contribution in [3.8, 4) is 0 Å². The molecule has 0 spiro atoms. The zero-order valence-corrected chi connectivity index (χ0v) is 15.6. The fraction of sp³-hybridized carbons (Fsp3) is 0.333. The minimum Gasteiger partial charge on any atom is -0.385 e. The summed E-state index contributed by atoms with van der Waals surface area (Å²) in [4.78, 5) is 12.2. The lowest BCUT2D eigenvalue weighted by atomic mass is 10.1. The molecule has 27 heavy (non-hydrogen) atoms. The highest BCUT2D eigenvalue weighted by atomic mass is 32.2. The van der Waals surface area contributed by atoms with Crippen molar-refractivity contribution in [1.29, 1.82) is 0 Å². The largest absolute Gasteiger partial charge is 0.385 e. The second-order valence-electron chi connectivity index (χ2n) is 6.67. The highest BCUT2D eigenvalue weighted by Crippen LogP contribution is 2.28. The van der Waals surface area contributed by atoms with Crippen molar-refractivity contribution in [2.75, 3.05) is 36.1 Å². The fourth-order valence-corrected chi connectivity index (χ4v) is 4.08. The predicted octanol–water partition coefficient (Wildman–Crippen LogP) is 3.08. The number of nitro benzene ring substituents is 1. The van der Waals surface area contributed by atoms with Crippen LogP contribution in [0.2, 0.25) is 0 Å². The molecule has 2 aromatic carbocycles. The van der Waals surface area contributed by atoms with Gasteiger partial charge in [0.2, 0.25) is 0 Å². The average molecular weight is 393 g/mol. The summed E-state index contributed by atoms with van der Waals surface area (Å²) >= 11 is 0. The van der Waals surface area contributed by atoms with Gasteiger partial charge in [0.15, 0.2) is 9.84 Å². The van der Waals surface area contributed by atoms with Crippen LogP contribution in [0.25, 0.3) is 0 Å². The van der Waals surface area contributed by atoms with Crippen molar-refractivity contribution in [3.63, 3.8) is 0 Å². The highest BCUT2D eigenvalue weighted by Gasteiger charge is 2.24. The molecule has 1 fully saturated rings. The molecule has 3 rings (SSSR count). The highest BCUT2D eigenvalue weighted by molar-refractivity contribution is 7.90. The van der Waals surface area contributed by atoms with E-state index in [1.54, 1.807) is 12.1 Å². The van der Waals surface area contributed by atoms with E-state index in [2.05, 4.69) is 10.2 Å². The molecular weight excluding hydrogens is 373 g/mol. The van der Waals surface area contributed by atoms with Crippen LogP contribution >= 0.6 is 0 Å². The number of hydrogen-bond donors (Lipinski definition) is 1. The Morgan fingerprint density at radius 2 is 1.96 bits per heavy atom. The van der Waals surface area contributed by atoms with Gasteiger partial charge in [0.1, 0.15) is 10.7 Å². The maximum atomic E-state index is 13.0. The number of hydrogen-bond acceptors (Lipinski definition) is 6. The minimum absolute atomic E-state index is 0.268. The molecule has 0 radical (unpaired) electrons. The third-order valence-electron chi connectivity index (χ3n) is 4.63. The standard InChI is InChI=1S/C18H20FN3O4S/c1-27(25,26)18-10-15(4-7-17(18)22(23)24)20-11-13-8-9-21(12-13)16-5-2-14(19)3-6-16/h2-7,10,13,20H,8-9,11-12H2,1H3. The number of halogens is 1. The van der Waals surface area contributed by atoms with E-state index in [0.717, 1.165) is 31.5 Å². The Morgan fingerprint density at radius 1 is 1.26 bits per heavy atom. The molecule has 1 aliphatic heterocycles. The number of anilines is 2. The lowest BCUT2D eigenvalue weighted by Crippen LogP contribution is -2.22. The van der Waals surface area contributed by atoms with E-state index >= 15 is 0 Å². The molecule has 0 aliphatic carbocycles. The number of rotatable bonds is 6. The van der Waals surface area contributed by atoms with Gasteiger partial charge < -0.3 is 10.2 Å². The summed E-state index contributed by atoms with van der Waals surface area (Å²) < 4.78 is 36.7. The molecule has 1 heterocycles. The number of benzene rings is 2. The van der Waals surface area contributed by atoms with Gasteiger partial charge in [-0.05, 0) is 48.7 Å². The SMILES string of the molecule is CS(=O)(=O)c1cc(NCC2CCN(c3ccc(F)cc3)C2)ccc1[N+](=O)[O-]. The summed E-state index contributed by atoms with van der Waals surface area (Å²) in [6.45, 7) is 2.26. The van der Waals surface area contributed by atoms with Gasteiger partial charge in [0, 0.05) is 43.3 Å². The zero-order valence-electron chi connectivity index (χ0n) is 14.8. The first-order valence-electron chi connectivity index (χ1n) is 8.47. The quantitative estimate of drug-likeness (QED) is 0.599. The maximum Gasteiger partial charge on any atom is 0.288 e. The molecule has 7 nitrogen and oxygen atoms in total. The van der Waals surface area contributed by atoms with Gasteiger partial charge in [0.25, 0.3) is 5.69 Å². The molecule has 9 heteroatoms. The van der Waals surface area contributed by atoms with Crippen molar-refractivity contribution in [3.05, 3.63) is 58.4 Å². The van der Waals surface area contributed by atoms with Gasteiger partial charge in [-0.2, -0.15) is 0 Å². The number of nitrogens with one attached hydrogen (secondary N) is 1. The molecule has 0 aromatic heterocycles. The van der Waals surface area contributed by atoms with Gasteiger partial charge in [-0.15, -0.1) is 0 Å². The number of nitrogens with zero attached hydrogens (tertiary/aromatic N) is 2. The first-order chi connectivity index (χ1) is 12.7. The molecule has 2 aromatic rings. The van der Waals surface area contributed by atoms with E-state index in [0.29, 0.717) is 18.2 Å². The summed E-state index contributed by atoms with van der Waals surface area (Å²) in [7, 11) is -3.71. The third-order valence-corrected chi connectivity index (χ3v) is 5.75. The van der Waals surface area contributed by atoms with E-state index in [1.807, 2.05) is 0 Å². The molecule has 0 amide bonds. The summed E-state index contributed by atoms with van der Waals surface area (Å²) in [6.07, 6.45) is 1.90. The Bertz CT molecular complexity index is 948. The average Bonchev–Trinajstić information content (AvgIpc) is 3.08. The third kappa shape index (κ3) is 4.54. The summed E-state index contributed by atoms with van der Waals surface area (Å²) in [6, 6.07) is 10.4. The smallest absolute Gasteiger partial charge is 0.288 e. The second kappa shape index (κ2) is 7.51. The van der Waals surface area contributed by atoms with E-state index < -0.39 is 20.4 Å². The summed E-state index contributed by atoms with van der Waals surface area (Å²) in [5.74, 6) is 0.0583. The van der Waals surface area contributed by atoms with Crippen molar-refractivity contribution < 1.29 is 17.7 Å². The van der Waals surface area contributed by atoms with E-state index in [1.165, 1.54) is 30.3 Å². The molecule has 1 unspecified atom stereocenters. The van der Waals surface area contributed by atoms with Crippen molar-refractivity contribution in [2.45, 2.75) is 11.3 Å². The van der Waals surface area contributed by atoms with Crippen LogP contribution in [-0.4, -0.2) is 39.2 Å². The fourth-order valence-electron chi connectivity index (χ4n) is 3.22. The lowest BCUT2D eigenvalue weighted by Gasteiger charge is -2.19. The van der Waals surface area contributed by atoms with Crippen molar-refractivity contribution in [2.24, 2.45) is 5.92 Å². The Kier molecular flexibility index (Phi) is 5.31. The molecule has 0 bridgehead atoms. The number of nitro groups is 1. The maximum absolute atomic E-state index is 13.0. The van der Waals surface area contributed by atoms with Crippen LogP contribution in [0.4, 0.5) is 21.5 Å². The van der Waals surface area contributed by atoms with Gasteiger partial charge in [-0.3, -0.25) is 10.1 Å². The van der Waals surface area contributed by atoms with Crippen LogP contribution in [0, 0.1) is 21.8 Å². The van der Waals surface area contributed by atoms with Crippen LogP contribution in [0.3, 0.4) is 0 Å². The first kappa shape index (κ1) is 19.1. The molecule has 1 saturated heterocycles. The van der Waals surface area contributed by atoms with Gasteiger partial charge in [-0.25, -0.2) is 12.8 Å². The van der Waals surface area contributed by atoms with Crippen LogP contribution < -0.4 is 10.2 Å². The van der Waals surface area contributed by atoms with Crippen molar-refractivity contribution in [1.82, 2.24) is 0 Å². The zero-order chi connectivity index (χ0) is 19.6. The Labute approximate surface area is 156 Å². The summed E-state index contributed by atoms with van der Waals surface area (Å²) in [5.41, 5.74) is 1.07. The van der Waals surface area contributed by atoms with Crippen molar-refractivity contribution >= 4 is 26.9 Å². The topological polar surface area (TPSA) is 92.6 Å². The molecule has 1 N–H and O–H groups in total. The van der Waals surface area contributed by atoms with E-state index in [-0.39, 0.29) is 10.7 Å².